The number of fused-ring (bicyclic) bond motifs is 3. The number of amides is 1. The van der Waals surface area contributed by atoms with E-state index in [1.165, 1.54) is 10.4 Å². The first-order valence-corrected chi connectivity index (χ1v) is 9.31. The Morgan fingerprint density at radius 3 is 2.96 bits per heavy atom. The van der Waals surface area contributed by atoms with Crippen molar-refractivity contribution < 1.29 is 9.53 Å². The number of ether oxygens (including phenoxy) is 1. The van der Waals surface area contributed by atoms with E-state index < -0.39 is 0 Å². The van der Waals surface area contributed by atoms with Crippen LogP contribution in [0, 0.1) is 0 Å². The zero-order valence-corrected chi connectivity index (χ0v) is 15.5. The van der Waals surface area contributed by atoms with Gasteiger partial charge < -0.3 is 15.0 Å². The zero-order chi connectivity index (χ0) is 18.1. The fraction of sp³-hybridized carbons (Fsp3) is 0.333. The molecule has 0 saturated carbocycles. The van der Waals surface area contributed by atoms with Gasteiger partial charge in [0.2, 0.25) is 5.88 Å². The largest absolute Gasteiger partial charge is 0.481 e. The molecule has 0 spiro atoms. The van der Waals surface area contributed by atoms with Gasteiger partial charge in [-0.1, -0.05) is 0 Å². The van der Waals surface area contributed by atoms with Crippen molar-refractivity contribution in [3.8, 4) is 5.88 Å². The van der Waals surface area contributed by atoms with Crippen LogP contribution in [0.2, 0.25) is 0 Å². The molecule has 8 heteroatoms. The van der Waals surface area contributed by atoms with Crippen LogP contribution < -0.4 is 10.1 Å². The van der Waals surface area contributed by atoms with Gasteiger partial charge in [-0.3, -0.25) is 4.79 Å². The molecule has 4 heterocycles. The lowest BCUT2D eigenvalue weighted by atomic mass is 10.0. The van der Waals surface area contributed by atoms with E-state index in [0.717, 1.165) is 29.0 Å². The molecular weight excluding hydrogens is 350 g/mol. The molecule has 134 valence electrons. The summed E-state index contributed by atoms with van der Waals surface area (Å²) in [4.78, 5) is 29.7. The third kappa shape index (κ3) is 2.86. The normalized spacial score (nSPS) is 13.5. The summed E-state index contributed by atoms with van der Waals surface area (Å²) >= 11 is 1.64. The molecule has 0 atom stereocenters. The number of nitrogens with zero attached hydrogens (tertiary/aromatic N) is 4. The molecule has 1 N–H and O–H groups in total. The minimum Gasteiger partial charge on any atom is -0.481 e. The van der Waals surface area contributed by atoms with Gasteiger partial charge in [-0.2, -0.15) is 0 Å². The highest BCUT2D eigenvalue weighted by atomic mass is 32.1. The quantitative estimate of drug-likeness (QED) is 0.762. The predicted molar refractivity (Wildman–Crippen MR) is 101 cm³/mol. The van der Waals surface area contributed by atoms with Crippen molar-refractivity contribution in [2.24, 2.45) is 0 Å². The number of thiophene rings is 1. The Bertz CT molecular complexity index is 954. The first-order valence-electron chi connectivity index (χ1n) is 8.49. The van der Waals surface area contributed by atoms with Crippen molar-refractivity contribution >= 4 is 33.3 Å². The number of anilines is 1. The van der Waals surface area contributed by atoms with Crippen LogP contribution in [0.4, 0.5) is 5.82 Å². The molecule has 26 heavy (non-hydrogen) atoms. The van der Waals surface area contributed by atoms with Gasteiger partial charge in [-0.05, 0) is 25.0 Å². The minimum absolute atomic E-state index is 0.0127. The molecule has 4 rings (SSSR count). The Morgan fingerprint density at radius 2 is 2.23 bits per heavy atom. The van der Waals surface area contributed by atoms with Crippen molar-refractivity contribution in [1.29, 1.82) is 0 Å². The van der Waals surface area contributed by atoms with Gasteiger partial charge in [-0.25, -0.2) is 15.0 Å². The molecule has 3 aromatic rings. The zero-order valence-electron chi connectivity index (χ0n) is 14.7. The van der Waals surface area contributed by atoms with E-state index in [9.17, 15) is 4.79 Å². The lowest BCUT2D eigenvalue weighted by Gasteiger charge is -2.27. The Morgan fingerprint density at radius 1 is 1.35 bits per heavy atom. The fourth-order valence-corrected chi connectivity index (χ4v) is 4.42. The van der Waals surface area contributed by atoms with Crippen LogP contribution in [0.5, 0.6) is 5.88 Å². The van der Waals surface area contributed by atoms with E-state index in [4.69, 9.17) is 4.74 Å². The van der Waals surface area contributed by atoms with Gasteiger partial charge in [0.05, 0.1) is 24.6 Å². The number of pyridine rings is 1. The molecule has 0 unspecified atom stereocenters. The SMILES string of the molecule is CCNc1ncnc2sc3c(c12)CCN(C(=O)c1ccc(OC)nc1)C3. The highest BCUT2D eigenvalue weighted by Gasteiger charge is 2.27. The number of rotatable bonds is 4. The molecule has 0 aliphatic carbocycles. The molecule has 3 aromatic heterocycles. The molecule has 0 fully saturated rings. The number of carbonyl (C=O) groups excluding carboxylic acids is 1. The number of aromatic nitrogens is 3. The van der Waals surface area contributed by atoms with Crippen molar-refractivity contribution in [1.82, 2.24) is 19.9 Å². The number of methoxy groups -OCH3 is 1. The van der Waals surface area contributed by atoms with Crippen LogP contribution in [0.1, 0.15) is 27.7 Å². The number of hydrogen-bond acceptors (Lipinski definition) is 7. The van der Waals surface area contributed by atoms with Crippen LogP contribution in [-0.4, -0.2) is 46.0 Å². The van der Waals surface area contributed by atoms with E-state index >= 15 is 0 Å². The maximum atomic E-state index is 12.8. The summed E-state index contributed by atoms with van der Waals surface area (Å²) in [6, 6.07) is 3.46. The molecule has 1 aliphatic rings. The minimum atomic E-state index is -0.0127. The van der Waals surface area contributed by atoms with E-state index in [2.05, 4.69) is 27.2 Å². The van der Waals surface area contributed by atoms with E-state index in [-0.39, 0.29) is 5.91 Å². The molecular formula is C18H19N5O2S. The van der Waals surface area contributed by atoms with E-state index in [1.54, 1.807) is 43.1 Å². The second kappa shape index (κ2) is 6.87. The average molecular weight is 369 g/mol. The van der Waals surface area contributed by atoms with Gasteiger partial charge in [0.15, 0.2) is 0 Å². The molecule has 0 aromatic carbocycles. The van der Waals surface area contributed by atoms with Crippen molar-refractivity contribution in [2.45, 2.75) is 19.9 Å². The summed E-state index contributed by atoms with van der Waals surface area (Å²) in [5, 5.41) is 4.42. The molecule has 1 amide bonds. The molecule has 0 radical (unpaired) electrons. The Balaban J connectivity index is 1.62. The van der Waals surface area contributed by atoms with Crippen LogP contribution in [0.15, 0.2) is 24.7 Å². The highest BCUT2D eigenvalue weighted by Crippen LogP contribution is 2.37. The third-order valence-corrected chi connectivity index (χ3v) is 5.59. The number of carbonyl (C=O) groups is 1. The fourth-order valence-electron chi connectivity index (χ4n) is 3.21. The Hall–Kier alpha value is -2.74. The number of nitrogens with one attached hydrogen (secondary N) is 1. The predicted octanol–water partition coefficient (Wildman–Crippen LogP) is 2.73. The molecule has 0 saturated heterocycles. The van der Waals surface area contributed by atoms with Gasteiger partial charge in [0.1, 0.15) is 17.0 Å². The van der Waals surface area contributed by atoms with E-state index in [1.807, 2.05) is 4.90 Å². The smallest absolute Gasteiger partial charge is 0.255 e. The molecule has 7 nitrogen and oxygen atoms in total. The average Bonchev–Trinajstić information content (AvgIpc) is 3.06. The molecule has 0 bridgehead atoms. The van der Waals surface area contributed by atoms with Crippen molar-refractivity contribution in [3.63, 3.8) is 0 Å². The monoisotopic (exact) mass is 369 g/mol. The lowest BCUT2D eigenvalue weighted by Crippen LogP contribution is -2.35. The van der Waals surface area contributed by atoms with Crippen LogP contribution in [-0.2, 0) is 13.0 Å². The van der Waals surface area contributed by atoms with Gasteiger partial charge in [0, 0.05) is 30.2 Å². The summed E-state index contributed by atoms with van der Waals surface area (Å²) < 4.78 is 5.05. The summed E-state index contributed by atoms with van der Waals surface area (Å²) in [7, 11) is 1.56. The maximum absolute atomic E-state index is 12.8. The van der Waals surface area contributed by atoms with Crippen molar-refractivity contribution in [2.75, 3.05) is 25.5 Å². The summed E-state index contributed by atoms with van der Waals surface area (Å²) in [6.07, 6.45) is 3.96. The first-order chi connectivity index (χ1) is 12.7. The van der Waals surface area contributed by atoms with Gasteiger partial charge in [-0.15, -0.1) is 11.3 Å². The van der Waals surface area contributed by atoms with Crippen LogP contribution in [0.3, 0.4) is 0 Å². The van der Waals surface area contributed by atoms with E-state index in [0.29, 0.717) is 24.5 Å². The second-order valence-corrected chi connectivity index (χ2v) is 7.09. The van der Waals surface area contributed by atoms with Gasteiger partial charge >= 0.3 is 0 Å². The topological polar surface area (TPSA) is 80.2 Å². The maximum Gasteiger partial charge on any atom is 0.255 e. The number of hydrogen-bond donors (Lipinski definition) is 1. The Labute approximate surface area is 155 Å². The van der Waals surface area contributed by atoms with Crippen LogP contribution in [0.25, 0.3) is 10.2 Å². The van der Waals surface area contributed by atoms with Crippen molar-refractivity contribution in [3.05, 3.63) is 40.7 Å². The van der Waals surface area contributed by atoms with Crippen LogP contribution >= 0.6 is 11.3 Å². The van der Waals surface area contributed by atoms with Gasteiger partial charge in [0.25, 0.3) is 5.91 Å². The highest BCUT2D eigenvalue weighted by molar-refractivity contribution is 7.19. The molecule has 1 aliphatic heterocycles. The Kier molecular flexibility index (Phi) is 4.42. The standard InChI is InChI=1S/C18H19N5O2S/c1-3-19-16-15-12-6-7-23(9-13(12)26-17(15)22-10-21-16)18(24)11-4-5-14(25-2)20-8-11/h4-5,8,10H,3,6-7,9H2,1-2H3,(H,19,21,22). The third-order valence-electron chi connectivity index (χ3n) is 4.46. The first kappa shape index (κ1) is 16.7. The summed E-state index contributed by atoms with van der Waals surface area (Å²) in [5.74, 6) is 1.37. The second-order valence-electron chi connectivity index (χ2n) is 6.00. The summed E-state index contributed by atoms with van der Waals surface area (Å²) in [6.45, 7) is 4.12. The lowest BCUT2D eigenvalue weighted by molar-refractivity contribution is 0.0737. The summed E-state index contributed by atoms with van der Waals surface area (Å²) in [5.41, 5.74) is 1.84.